The van der Waals surface area contributed by atoms with Crippen LogP contribution in [0.4, 0.5) is 0 Å². The third-order valence-electron chi connectivity index (χ3n) is 6.47. The van der Waals surface area contributed by atoms with Gasteiger partial charge in [-0.2, -0.15) is 5.26 Å². The fourth-order valence-electron chi connectivity index (χ4n) is 5.58. The van der Waals surface area contributed by atoms with Gasteiger partial charge in [0.2, 0.25) is 0 Å². The molecule has 2 saturated carbocycles. The summed E-state index contributed by atoms with van der Waals surface area (Å²) < 4.78 is 0. The van der Waals surface area contributed by atoms with E-state index in [2.05, 4.69) is 32.2 Å². The van der Waals surface area contributed by atoms with Gasteiger partial charge in [0.15, 0.2) is 0 Å². The molecule has 2 aliphatic carbocycles. The van der Waals surface area contributed by atoms with Gasteiger partial charge in [-0.3, -0.25) is 0 Å². The van der Waals surface area contributed by atoms with Gasteiger partial charge in [-0.25, -0.2) is 0 Å². The van der Waals surface area contributed by atoms with Gasteiger partial charge in [0.05, 0.1) is 6.07 Å². The molecular formula is C16H26N2. The molecule has 2 heteroatoms. The van der Waals surface area contributed by atoms with E-state index in [9.17, 15) is 0 Å². The first-order valence-electron chi connectivity index (χ1n) is 7.74. The lowest BCUT2D eigenvalue weighted by molar-refractivity contribution is -0.00385. The molecule has 0 aromatic heterocycles. The summed E-state index contributed by atoms with van der Waals surface area (Å²) >= 11 is 0. The first-order valence-corrected chi connectivity index (χ1v) is 7.74. The molecule has 7 atom stereocenters. The van der Waals surface area contributed by atoms with Crippen molar-refractivity contribution in [2.75, 3.05) is 6.54 Å². The maximum atomic E-state index is 8.93. The molecule has 1 saturated heterocycles. The Bertz CT molecular complexity index is 372. The zero-order valence-corrected chi connectivity index (χ0v) is 11.9. The van der Waals surface area contributed by atoms with Crippen molar-refractivity contribution in [2.45, 2.75) is 52.5 Å². The fraction of sp³-hybridized carbons (Fsp3) is 0.938. The van der Waals surface area contributed by atoms with E-state index in [0.717, 1.165) is 36.0 Å². The van der Waals surface area contributed by atoms with Gasteiger partial charge >= 0.3 is 0 Å². The maximum Gasteiger partial charge on any atom is 0.0624 e. The lowest BCUT2D eigenvalue weighted by Crippen LogP contribution is -2.43. The number of hydrogen-bond donors (Lipinski definition) is 1. The van der Waals surface area contributed by atoms with Crippen LogP contribution < -0.4 is 5.32 Å². The van der Waals surface area contributed by atoms with Crippen LogP contribution >= 0.6 is 0 Å². The molecule has 0 aromatic carbocycles. The van der Waals surface area contributed by atoms with E-state index < -0.39 is 0 Å². The Morgan fingerprint density at radius 3 is 2.72 bits per heavy atom. The Labute approximate surface area is 111 Å². The lowest BCUT2D eigenvalue weighted by atomic mass is 9.56. The summed E-state index contributed by atoms with van der Waals surface area (Å²) in [7, 11) is 0. The van der Waals surface area contributed by atoms with Crippen molar-refractivity contribution < 1.29 is 0 Å². The maximum absolute atomic E-state index is 8.93. The molecule has 0 spiro atoms. The molecule has 1 N–H and O–H groups in total. The van der Waals surface area contributed by atoms with Crippen LogP contribution in [0.1, 0.15) is 46.5 Å². The molecule has 0 bridgehead atoms. The SMILES string of the molecule is CCC1(CC2CNC(C)C2)C(C)C2C(CC#N)C21. The van der Waals surface area contributed by atoms with Gasteiger partial charge in [0.1, 0.15) is 0 Å². The highest BCUT2D eigenvalue weighted by atomic mass is 14.9. The zero-order valence-electron chi connectivity index (χ0n) is 11.9. The normalized spacial score (nSPS) is 53.4. The molecule has 7 unspecified atom stereocenters. The van der Waals surface area contributed by atoms with Crippen LogP contribution in [0, 0.1) is 46.3 Å². The van der Waals surface area contributed by atoms with Gasteiger partial charge in [-0.15, -0.1) is 0 Å². The summed E-state index contributed by atoms with van der Waals surface area (Å²) in [5, 5.41) is 12.5. The second-order valence-electron chi connectivity index (χ2n) is 7.12. The molecule has 1 aliphatic heterocycles. The van der Waals surface area contributed by atoms with Gasteiger partial charge in [-0.05, 0) is 67.7 Å². The van der Waals surface area contributed by atoms with Crippen molar-refractivity contribution in [1.82, 2.24) is 5.32 Å². The minimum Gasteiger partial charge on any atom is -0.314 e. The van der Waals surface area contributed by atoms with Crippen LogP contribution in [-0.4, -0.2) is 12.6 Å². The quantitative estimate of drug-likeness (QED) is 0.827. The molecule has 3 fully saturated rings. The molecule has 0 amide bonds. The fourth-order valence-corrected chi connectivity index (χ4v) is 5.58. The molecule has 18 heavy (non-hydrogen) atoms. The molecule has 0 aromatic rings. The summed E-state index contributed by atoms with van der Waals surface area (Å²) in [4.78, 5) is 0. The number of nitrogens with one attached hydrogen (secondary N) is 1. The van der Waals surface area contributed by atoms with Gasteiger partial charge in [0.25, 0.3) is 0 Å². The van der Waals surface area contributed by atoms with Crippen molar-refractivity contribution in [3.63, 3.8) is 0 Å². The van der Waals surface area contributed by atoms with Crippen molar-refractivity contribution in [2.24, 2.45) is 35.0 Å². The third-order valence-corrected chi connectivity index (χ3v) is 6.47. The number of rotatable bonds is 4. The smallest absolute Gasteiger partial charge is 0.0624 e. The van der Waals surface area contributed by atoms with E-state index in [1.54, 1.807) is 0 Å². The average Bonchev–Trinajstić information content (AvgIpc) is 2.86. The number of nitriles is 1. The molecule has 0 radical (unpaired) electrons. The first-order chi connectivity index (χ1) is 8.64. The molecule has 3 aliphatic rings. The topological polar surface area (TPSA) is 35.8 Å². The van der Waals surface area contributed by atoms with E-state index >= 15 is 0 Å². The zero-order chi connectivity index (χ0) is 12.9. The highest BCUT2D eigenvalue weighted by Crippen LogP contribution is 2.78. The molecule has 3 rings (SSSR count). The highest BCUT2D eigenvalue weighted by molar-refractivity contribution is 5.22. The van der Waals surface area contributed by atoms with Crippen LogP contribution in [0.15, 0.2) is 0 Å². The van der Waals surface area contributed by atoms with Gasteiger partial charge in [-0.1, -0.05) is 13.8 Å². The Morgan fingerprint density at radius 2 is 2.17 bits per heavy atom. The Morgan fingerprint density at radius 1 is 1.39 bits per heavy atom. The molecule has 1 heterocycles. The van der Waals surface area contributed by atoms with E-state index in [1.807, 2.05) is 0 Å². The standard InChI is InChI=1S/C16H26N2/c1-4-16(8-12-7-10(2)18-9-12)11(3)14-13(5-6-17)15(14)16/h10-15,18H,4-5,7-9H2,1-3H3. The molecule has 100 valence electrons. The molecule has 2 nitrogen and oxygen atoms in total. The van der Waals surface area contributed by atoms with E-state index in [4.69, 9.17) is 5.26 Å². The van der Waals surface area contributed by atoms with Gasteiger partial charge in [0, 0.05) is 12.5 Å². The second kappa shape index (κ2) is 4.23. The number of hydrogen-bond acceptors (Lipinski definition) is 2. The Balaban J connectivity index is 1.67. The Hall–Kier alpha value is -0.550. The summed E-state index contributed by atoms with van der Waals surface area (Å²) in [6, 6.07) is 3.11. The van der Waals surface area contributed by atoms with Gasteiger partial charge < -0.3 is 5.32 Å². The summed E-state index contributed by atoms with van der Waals surface area (Å²) in [5.41, 5.74) is 0.586. The van der Waals surface area contributed by atoms with Crippen molar-refractivity contribution in [3.8, 4) is 6.07 Å². The van der Waals surface area contributed by atoms with E-state index in [0.29, 0.717) is 11.5 Å². The van der Waals surface area contributed by atoms with Crippen molar-refractivity contribution in [3.05, 3.63) is 0 Å². The number of nitrogens with zero attached hydrogens (tertiary/aromatic N) is 1. The first kappa shape index (κ1) is 12.5. The third kappa shape index (κ3) is 1.56. The van der Waals surface area contributed by atoms with Crippen LogP contribution in [0.2, 0.25) is 0 Å². The predicted molar refractivity (Wildman–Crippen MR) is 72.8 cm³/mol. The van der Waals surface area contributed by atoms with Crippen LogP contribution in [0.25, 0.3) is 0 Å². The molecular weight excluding hydrogens is 220 g/mol. The summed E-state index contributed by atoms with van der Waals surface area (Å²) in [6.45, 7) is 8.35. The minimum absolute atomic E-state index is 0.586. The van der Waals surface area contributed by atoms with Crippen LogP contribution in [-0.2, 0) is 0 Å². The predicted octanol–water partition coefficient (Wildman–Crippen LogP) is 3.20. The lowest BCUT2D eigenvalue weighted by Gasteiger charge is -2.49. The van der Waals surface area contributed by atoms with Crippen LogP contribution in [0.3, 0.4) is 0 Å². The summed E-state index contributed by atoms with van der Waals surface area (Å²) in [6.07, 6.45) is 4.89. The largest absolute Gasteiger partial charge is 0.314 e. The monoisotopic (exact) mass is 246 g/mol. The highest BCUT2D eigenvalue weighted by Gasteiger charge is 2.73. The van der Waals surface area contributed by atoms with Crippen molar-refractivity contribution in [1.29, 1.82) is 5.26 Å². The second-order valence-corrected chi connectivity index (χ2v) is 7.12. The van der Waals surface area contributed by atoms with Crippen LogP contribution in [0.5, 0.6) is 0 Å². The minimum atomic E-state index is 0.586. The van der Waals surface area contributed by atoms with E-state index in [1.165, 1.54) is 25.8 Å². The van der Waals surface area contributed by atoms with Crippen molar-refractivity contribution >= 4 is 0 Å². The average molecular weight is 246 g/mol. The summed E-state index contributed by atoms with van der Waals surface area (Å²) in [5.74, 6) is 4.29. The van der Waals surface area contributed by atoms with E-state index in [-0.39, 0.29) is 0 Å². The number of fused-ring (bicyclic) bond motifs is 1. The Kier molecular flexibility index (Phi) is 2.94.